The Morgan fingerprint density at radius 3 is 2.80 bits per heavy atom. The Balaban J connectivity index is 2.00. The Morgan fingerprint density at radius 2 is 2.00 bits per heavy atom. The van der Waals surface area contributed by atoms with Crippen molar-refractivity contribution in [1.82, 2.24) is 14.6 Å². The first-order valence-corrected chi connectivity index (χ1v) is 7.41. The zero-order valence-electron chi connectivity index (χ0n) is 10.7. The second-order valence-corrected chi connectivity index (χ2v) is 5.96. The van der Waals surface area contributed by atoms with Gasteiger partial charge in [-0.1, -0.05) is 28.1 Å². The molecule has 100 valence electrons. The van der Waals surface area contributed by atoms with Crippen LogP contribution in [0.25, 0.3) is 16.8 Å². The molecule has 0 aliphatic heterocycles. The SMILES string of the molecule is O=c1c2c(nc3c(-c4ccc(Br)cc4)c[nH]n13)CCC2. The largest absolute Gasteiger partial charge is 0.296 e. The van der Waals surface area contributed by atoms with Crippen molar-refractivity contribution in [3.8, 4) is 11.1 Å². The predicted molar refractivity (Wildman–Crippen MR) is 81.0 cm³/mol. The van der Waals surface area contributed by atoms with Gasteiger partial charge in [0.15, 0.2) is 5.65 Å². The van der Waals surface area contributed by atoms with Crippen molar-refractivity contribution in [2.24, 2.45) is 0 Å². The van der Waals surface area contributed by atoms with Gasteiger partial charge in [-0.25, -0.2) is 9.50 Å². The molecule has 4 rings (SSSR count). The molecule has 1 aliphatic carbocycles. The number of hydrogen-bond donors (Lipinski definition) is 1. The van der Waals surface area contributed by atoms with Crippen LogP contribution in [0.2, 0.25) is 0 Å². The lowest BCUT2D eigenvalue weighted by atomic mass is 10.1. The van der Waals surface area contributed by atoms with E-state index in [0.29, 0.717) is 0 Å². The second kappa shape index (κ2) is 4.31. The summed E-state index contributed by atoms with van der Waals surface area (Å²) in [6, 6.07) is 8.02. The Morgan fingerprint density at radius 1 is 1.20 bits per heavy atom. The summed E-state index contributed by atoms with van der Waals surface area (Å²) in [4.78, 5) is 17.1. The van der Waals surface area contributed by atoms with Crippen molar-refractivity contribution in [3.05, 3.63) is 56.5 Å². The molecule has 0 saturated heterocycles. The summed E-state index contributed by atoms with van der Waals surface area (Å²) < 4.78 is 2.59. The normalized spacial score (nSPS) is 13.8. The summed E-state index contributed by atoms with van der Waals surface area (Å²) in [5, 5.41) is 3.03. The smallest absolute Gasteiger partial charge is 0.276 e. The van der Waals surface area contributed by atoms with Crippen LogP contribution in [0.4, 0.5) is 0 Å². The Bertz CT molecular complexity index is 861. The summed E-state index contributed by atoms with van der Waals surface area (Å²) in [7, 11) is 0. The number of hydrogen-bond acceptors (Lipinski definition) is 2. The quantitative estimate of drug-likeness (QED) is 0.746. The van der Waals surface area contributed by atoms with Gasteiger partial charge in [0.05, 0.1) is 5.69 Å². The van der Waals surface area contributed by atoms with Gasteiger partial charge < -0.3 is 0 Å². The van der Waals surface area contributed by atoms with Gasteiger partial charge in [0, 0.05) is 21.8 Å². The average Bonchev–Trinajstić information content (AvgIpc) is 3.07. The molecule has 1 aliphatic rings. The maximum Gasteiger partial charge on any atom is 0.276 e. The lowest BCUT2D eigenvalue weighted by Crippen LogP contribution is -2.20. The molecule has 4 nitrogen and oxygen atoms in total. The molecule has 2 heterocycles. The highest BCUT2D eigenvalue weighted by Gasteiger charge is 2.20. The van der Waals surface area contributed by atoms with Gasteiger partial charge in [-0.15, -0.1) is 0 Å². The van der Waals surface area contributed by atoms with Gasteiger partial charge in [0.1, 0.15) is 0 Å². The molecule has 1 N–H and O–H groups in total. The van der Waals surface area contributed by atoms with Crippen LogP contribution in [-0.4, -0.2) is 14.6 Å². The predicted octanol–water partition coefficient (Wildman–Crippen LogP) is 2.94. The molecule has 0 bridgehead atoms. The van der Waals surface area contributed by atoms with Gasteiger partial charge in [-0.05, 0) is 37.0 Å². The number of nitrogens with zero attached hydrogens (tertiary/aromatic N) is 2. The Kier molecular flexibility index (Phi) is 2.57. The molecular formula is C15H12BrN3O. The topological polar surface area (TPSA) is 50.2 Å². The number of aryl methyl sites for hydroxylation is 1. The summed E-state index contributed by atoms with van der Waals surface area (Å²) in [6.07, 6.45) is 4.63. The van der Waals surface area contributed by atoms with Crippen LogP contribution in [0.5, 0.6) is 0 Å². The molecule has 3 aromatic rings. The minimum atomic E-state index is 0.0471. The highest BCUT2D eigenvalue weighted by molar-refractivity contribution is 9.10. The Labute approximate surface area is 123 Å². The van der Waals surface area contributed by atoms with E-state index in [0.717, 1.165) is 51.8 Å². The number of rotatable bonds is 1. The molecule has 5 heteroatoms. The number of fused-ring (bicyclic) bond motifs is 2. The Hall–Kier alpha value is -1.88. The molecule has 0 atom stereocenters. The van der Waals surface area contributed by atoms with Crippen molar-refractivity contribution < 1.29 is 0 Å². The summed E-state index contributed by atoms with van der Waals surface area (Å²) >= 11 is 3.43. The van der Waals surface area contributed by atoms with E-state index in [2.05, 4.69) is 21.0 Å². The second-order valence-electron chi connectivity index (χ2n) is 5.05. The number of nitrogens with one attached hydrogen (secondary N) is 1. The van der Waals surface area contributed by atoms with Crippen LogP contribution in [0.15, 0.2) is 39.7 Å². The molecule has 0 spiro atoms. The third-order valence-electron chi connectivity index (χ3n) is 3.84. The van der Waals surface area contributed by atoms with E-state index in [1.54, 1.807) is 4.52 Å². The lowest BCUT2D eigenvalue weighted by Gasteiger charge is -2.02. The van der Waals surface area contributed by atoms with E-state index in [4.69, 9.17) is 4.98 Å². The fraction of sp³-hybridized carbons (Fsp3) is 0.200. The number of aromatic amines is 1. The number of halogens is 1. The van der Waals surface area contributed by atoms with Crippen molar-refractivity contribution in [2.75, 3.05) is 0 Å². The minimum absolute atomic E-state index is 0.0471. The van der Waals surface area contributed by atoms with Crippen molar-refractivity contribution in [1.29, 1.82) is 0 Å². The molecule has 1 aromatic carbocycles. The van der Waals surface area contributed by atoms with E-state index in [-0.39, 0.29) is 5.56 Å². The average molecular weight is 330 g/mol. The van der Waals surface area contributed by atoms with Crippen LogP contribution >= 0.6 is 15.9 Å². The first-order valence-electron chi connectivity index (χ1n) is 6.62. The van der Waals surface area contributed by atoms with Crippen molar-refractivity contribution in [3.63, 3.8) is 0 Å². The molecule has 0 fully saturated rings. The zero-order chi connectivity index (χ0) is 13.7. The molecule has 0 saturated carbocycles. The van der Waals surface area contributed by atoms with Gasteiger partial charge >= 0.3 is 0 Å². The third kappa shape index (κ3) is 1.66. The van der Waals surface area contributed by atoms with Gasteiger partial charge in [-0.3, -0.25) is 9.89 Å². The van der Waals surface area contributed by atoms with Crippen LogP contribution in [-0.2, 0) is 12.8 Å². The van der Waals surface area contributed by atoms with E-state index >= 15 is 0 Å². The summed E-state index contributed by atoms with van der Waals surface area (Å²) in [6.45, 7) is 0. The minimum Gasteiger partial charge on any atom is -0.296 e. The number of aromatic nitrogens is 3. The monoisotopic (exact) mass is 329 g/mol. The van der Waals surface area contributed by atoms with Crippen LogP contribution < -0.4 is 5.56 Å². The van der Waals surface area contributed by atoms with E-state index in [9.17, 15) is 4.79 Å². The number of benzene rings is 1. The first-order chi connectivity index (χ1) is 9.74. The van der Waals surface area contributed by atoms with Crippen LogP contribution in [0, 0.1) is 0 Å². The summed E-state index contributed by atoms with van der Waals surface area (Å²) in [5.74, 6) is 0. The maximum absolute atomic E-state index is 12.4. The fourth-order valence-corrected chi connectivity index (χ4v) is 3.09. The third-order valence-corrected chi connectivity index (χ3v) is 4.37. The van der Waals surface area contributed by atoms with Crippen LogP contribution in [0.3, 0.4) is 0 Å². The highest BCUT2D eigenvalue weighted by atomic mass is 79.9. The van der Waals surface area contributed by atoms with Crippen LogP contribution in [0.1, 0.15) is 17.7 Å². The number of H-pyrrole nitrogens is 1. The molecular weight excluding hydrogens is 318 g/mol. The van der Waals surface area contributed by atoms with Gasteiger partial charge in [0.25, 0.3) is 5.56 Å². The van der Waals surface area contributed by atoms with Crippen molar-refractivity contribution >= 4 is 21.6 Å². The summed E-state index contributed by atoms with van der Waals surface area (Å²) in [5.41, 5.74) is 4.62. The van der Waals surface area contributed by atoms with E-state index in [1.807, 2.05) is 30.5 Å². The molecule has 0 amide bonds. The molecule has 0 unspecified atom stereocenters. The van der Waals surface area contributed by atoms with Crippen molar-refractivity contribution in [2.45, 2.75) is 19.3 Å². The first kappa shape index (κ1) is 11.9. The zero-order valence-corrected chi connectivity index (χ0v) is 12.3. The van der Waals surface area contributed by atoms with E-state index in [1.165, 1.54) is 0 Å². The van der Waals surface area contributed by atoms with Gasteiger partial charge in [0.2, 0.25) is 0 Å². The van der Waals surface area contributed by atoms with Gasteiger partial charge in [-0.2, -0.15) is 0 Å². The fourth-order valence-electron chi connectivity index (χ4n) is 2.83. The standard InChI is InChI=1S/C15H12BrN3O/c16-10-6-4-9(5-7-10)12-8-17-19-14(12)18-13-3-1-2-11(13)15(19)20/h4-8,17H,1-3H2. The maximum atomic E-state index is 12.4. The highest BCUT2D eigenvalue weighted by Crippen LogP contribution is 2.26. The molecule has 20 heavy (non-hydrogen) atoms. The lowest BCUT2D eigenvalue weighted by molar-refractivity contribution is 0.870. The van der Waals surface area contributed by atoms with E-state index < -0.39 is 0 Å². The molecule has 0 radical (unpaired) electrons. The molecule has 2 aromatic heterocycles.